The van der Waals surface area contributed by atoms with Gasteiger partial charge in [0.25, 0.3) is 0 Å². The fraction of sp³-hybridized carbons (Fsp3) is 0.565. The molecule has 0 bridgehead atoms. The third-order valence-corrected chi connectivity index (χ3v) is 6.38. The van der Waals surface area contributed by atoms with Crippen LogP contribution in [0.2, 0.25) is 0 Å². The minimum Gasteiger partial charge on any atom is -0.494 e. The maximum absolute atomic E-state index is 6.18. The van der Waals surface area contributed by atoms with Crippen LogP contribution in [0.1, 0.15) is 44.3 Å². The maximum Gasteiger partial charge on any atom is 0.193 e. The summed E-state index contributed by atoms with van der Waals surface area (Å²) < 4.78 is 11.3. The fourth-order valence-corrected chi connectivity index (χ4v) is 4.43. The number of anilines is 1. The van der Waals surface area contributed by atoms with E-state index in [-0.39, 0.29) is 24.0 Å². The van der Waals surface area contributed by atoms with Crippen LogP contribution >= 0.6 is 35.3 Å². The second-order valence-corrected chi connectivity index (χ2v) is 8.62. The van der Waals surface area contributed by atoms with Gasteiger partial charge in [0, 0.05) is 24.5 Å². The molecule has 178 valence electrons. The lowest BCUT2D eigenvalue weighted by atomic mass is 9.97. The van der Waals surface area contributed by atoms with Gasteiger partial charge >= 0.3 is 0 Å². The first kappa shape index (κ1) is 26.7. The summed E-state index contributed by atoms with van der Waals surface area (Å²) in [7, 11) is 0. The van der Waals surface area contributed by atoms with Crippen LogP contribution in [0.5, 0.6) is 11.5 Å². The number of hydrogen-bond acceptors (Lipinski definition) is 6. The van der Waals surface area contributed by atoms with E-state index in [0.717, 1.165) is 62.6 Å². The Labute approximate surface area is 212 Å². The molecular formula is C23H36IN5O2S. The lowest BCUT2D eigenvalue weighted by Crippen LogP contribution is -2.34. The first-order valence-corrected chi connectivity index (χ1v) is 12.1. The molecule has 0 saturated carbocycles. The number of piperidine rings is 1. The summed E-state index contributed by atoms with van der Waals surface area (Å²) in [6, 6.07) is 5.69. The topological polar surface area (TPSA) is 85.0 Å². The van der Waals surface area contributed by atoms with Crippen molar-refractivity contribution in [3.63, 3.8) is 0 Å². The average Bonchev–Trinajstić information content (AvgIpc) is 3.23. The Balaban J connectivity index is 0.00000363. The van der Waals surface area contributed by atoms with E-state index in [0.29, 0.717) is 25.1 Å². The molecule has 3 rings (SSSR count). The lowest BCUT2D eigenvalue weighted by Gasteiger charge is -2.30. The molecule has 2 heterocycles. The van der Waals surface area contributed by atoms with Gasteiger partial charge in [0.05, 0.1) is 29.6 Å². The number of aryl methyl sites for hydroxylation is 1. The summed E-state index contributed by atoms with van der Waals surface area (Å²) in [5, 5.41) is 6.60. The van der Waals surface area contributed by atoms with E-state index in [9.17, 15) is 0 Å². The van der Waals surface area contributed by atoms with Crippen molar-refractivity contribution in [2.45, 2.75) is 46.6 Å². The molecule has 0 unspecified atom stereocenters. The van der Waals surface area contributed by atoms with E-state index >= 15 is 0 Å². The number of likely N-dealkylation sites (tertiary alicyclic amines) is 1. The predicted molar refractivity (Wildman–Crippen MR) is 144 cm³/mol. The average molecular weight is 574 g/mol. The molecule has 1 aliphatic heterocycles. The van der Waals surface area contributed by atoms with E-state index in [2.05, 4.69) is 27.5 Å². The molecule has 0 spiro atoms. The third-order valence-electron chi connectivity index (χ3n) is 5.34. The van der Waals surface area contributed by atoms with E-state index in [1.165, 1.54) is 10.7 Å². The molecule has 1 aromatic carbocycles. The summed E-state index contributed by atoms with van der Waals surface area (Å²) in [5.74, 6) is 2.48. The van der Waals surface area contributed by atoms with Crippen LogP contribution < -0.4 is 20.5 Å². The normalized spacial score (nSPS) is 15.3. The standard InChI is InChI=1S/C23H35N5O2S.HI/c1-4-22-26-18(16-31-22)15-28-11-9-17(10-12-28)14-25-23(24)27-20-13-19(29-5-2)7-8-21(20)30-6-3;/h7-8,13,16-17H,4-6,9-12,14-15H2,1-3H3,(H3,24,25,27);1H. The van der Waals surface area contributed by atoms with Crippen molar-refractivity contribution in [1.29, 1.82) is 0 Å². The molecule has 32 heavy (non-hydrogen) atoms. The van der Waals surface area contributed by atoms with Gasteiger partial charge in [-0.2, -0.15) is 0 Å². The Morgan fingerprint density at radius 1 is 1.22 bits per heavy atom. The Morgan fingerprint density at radius 2 is 1.97 bits per heavy atom. The number of aromatic nitrogens is 1. The Bertz CT molecular complexity index is 853. The second kappa shape index (κ2) is 13.8. The number of guanidine groups is 1. The van der Waals surface area contributed by atoms with Crippen LogP contribution in [0.25, 0.3) is 0 Å². The SMILES string of the molecule is CCOc1ccc(OCC)c(NC(N)=NCC2CCN(Cc3csc(CC)n3)CC2)c1.I. The summed E-state index contributed by atoms with van der Waals surface area (Å²) in [6.45, 7) is 11.1. The van der Waals surface area contributed by atoms with Crippen molar-refractivity contribution in [3.8, 4) is 11.5 Å². The van der Waals surface area contributed by atoms with Crippen molar-refractivity contribution in [1.82, 2.24) is 9.88 Å². The Hall–Kier alpha value is -1.59. The molecule has 0 aliphatic carbocycles. The Morgan fingerprint density at radius 3 is 2.62 bits per heavy atom. The number of aliphatic imine (C=N–C) groups is 1. The summed E-state index contributed by atoms with van der Waals surface area (Å²) in [5.41, 5.74) is 8.16. The van der Waals surface area contributed by atoms with Crippen LogP contribution in [-0.2, 0) is 13.0 Å². The molecule has 3 N–H and O–H groups in total. The number of rotatable bonds is 10. The number of nitrogens with zero attached hydrogens (tertiary/aromatic N) is 3. The van der Waals surface area contributed by atoms with Crippen LogP contribution in [0.3, 0.4) is 0 Å². The number of nitrogens with two attached hydrogens (primary N) is 1. The van der Waals surface area contributed by atoms with Gasteiger partial charge in [-0.05, 0) is 64.3 Å². The van der Waals surface area contributed by atoms with E-state index in [4.69, 9.17) is 20.2 Å². The monoisotopic (exact) mass is 573 g/mol. The van der Waals surface area contributed by atoms with Gasteiger partial charge in [0.1, 0.15) is 11.5 Å². The highest BCUT2D eigenvalue weighted by Gasteiger charge is 2.20. The van der Waals surface area contributed by atoms with Gasteiger partial charge in [-0.15, -0.1) is 35.3 Å². The van der Waals surface area contributed by atoms with Crippen molar-refractivity contribution < 1.29 is 9.47 Å². The molecule has 0 amide bonds. The smallest absolute Gasteiger partial charge is 0.193 e. The quantitative estimate of drug-likeness (QED) is 0.242. The molecule has 0 atom stereocenters. The minimum absolute atomic E-state index is 0. The van der Waals surface area contributed by atoms with Crippen molar-refractivity contribution in [2.75, 3.05) is 38.2 Å². The number of benzene rings is 1. The largest absolute Gasteiger partial charge is 0.494 e. The van der Waals surface area contributed by atoms with Gasteiger partial charge < -0.3 is 20.5 Å². The molecule has 2 aromatic rings. The number of nitrogens with one attached hydrogen (secondary N) is 1. The zero-order chi connectivity index (χ0) is 22.1. The number of halogens is 1. The molecular weight excluding hydrogens is 537 g/mol. The molecule has 1 aliphatic rings. The van der Waals surface area contributed by atoms with Crippen LogP contribution in [0.4, 0.5) is 5.69 Å². The lowest BCUT2D eigenvalue weighted by molar-refractivity contribution is 0.179. The first-order chi connectivity index (χ1) is 15.1. The number of ether oxygens (including phenoxy) is 2. The molecule has 9 heteroatoms. The van der Waals surface area contributed by atoms with E-state index in [1.807, 2.05) is 32.0 Å². The Kier molecular flexibility index (Phi) is 11.5. The molecule has 1 saturated heterocycles. The molecule has 0 radical (unpaired) electrons. The van der Waals surface area contributed by atoms with Crippen molar-refractivity contribution in [2.24, 2.45) is 16.6 Å². The van der Waals surface area contributed by atoms with Crippen molar-refractivity contribution >= 4 is 47.0 Å². The zero-order valence-corrected chi connectivity index (χ0v) is 22.4. The molecule has 7 nitrogen and oxygen atoms in total. The second-order valence-electron chi connectivity index (χ2n) is 7.68. The fourth-order valence-electron chi connectivity index (χ4n) is 3.69. The predicted octanol–water partition coefficient (Wildman–Crippen LogP) is 4.76. The number of hydrogen-bond donors (Lipinski definition) is 2. The summed E-state index contributed by atoms with van der Waals surface area (Å²) >= 11 is 1.76. The highest BCUT2D eigenvalue weighted by Crippen LogP contribution is 2.29. The number of thiazole rings is 1. The van der Waals surface area contributed by atoms with Gasteiger partial charge in [-0.1, -0.05) is 6.92 Å². The van der Waals surface area contributed by atoms with Crippen molar-refractivity contribution in [3.05, 3.63) is 34.3 Å². The molecule has 1 fully saturated rings. The van der Waals surface area contributed by atoms with Gasteiger partial charge in [-0.3, -0.25) is 9.89 Å². The van der Waals surface area contributed by atoms with Crippen LogP contribution in [-0.4, -0.2) is 48.7 Å². The van der Waals surface area contributed by atoms with Gasteiger partial charge in [-0.25, -0.2) is 4.98 Å². The van der Waals surface area contributed by atoms with E-state index in [1.54, 1.807) is 11.3 Å². The highest BCUT2D eigenvalue weighted by molar-refractivity contribution is 14.0. The zero-order valence-electron chi connectivity index (χ0n) is 19.3. The van der Waals surface area contributed by atoms with Crippen LogP contribution in [0.15, 0.2) is 28.6 Å². The highest BCUT2D eigenvalue weighted by atomic mass is 127. The van der Waals surface area contributed by atoms with Gasteiger partial charge in [0.2, 0.25) is 0 Å². The third kappa shape index (κ3) is 8.08. The first-order valence-electron chi connectivity index (χ1n) is 11.2. The minimum atomic E-state index is 0. The van der Waals surface area contributed by atoms with Gasteiger partial charge in [0.15, 0.2) is 5.96 Å². The summed E-state index contributed by atoms with van der Waals surface area (Å²) in [6.07, 6.45) is 3.28. The molecule has 1 aromatic heterocycles. The summed E-state index contributed by atoms with van der Waals surface area (Å²) in [4.78, 5) is 11.8. The maximum atomic E-state index is 6.18. The van der Waals surface area contributed by atoms with Crippen LogP contribution in [0, 0.1) is 5.92 Å². The van der Waals surface area contributed by atoms with E-state index < -0.39 is 0 Å².